The summed E-state index contributed by atoms with van der Waals surface area (Å²) in [4.78, 5) is 22.3. The third-order valence-corrected chi connectivity index (χ3v) is 4.37. The lowest BCUT2D eigenvalue weighted by Gasteiger charge is -2.17. The van der Waals surface area contributed by atoms with Crippen molar-refractivity contribution < 1.29 is 23.1 Å². The smallest absolute Gasteiger partial charge is 0.316 e. The van der Waals surface area contributed by atoms with Gasteiger partial charge in [-0.3, -0.25) is 9.59 Å². The summed E-state index contributed by atoms with van der Waals surface area (Å²) in [6.45, 7) is -0.475. The van der Waals surface area contributed by atoms with Gasteiger partial charge < -0.3 is 10.5 Å². The van der Waals surface area contributed by atoms with Gasteiger partial charge in [0.1, 0.15) is 11.6 Å². The number of esters is 1. The van der Waals surface area contributed by atoms with Crippen molar-refractivity contribution in [1.29, 1.82) is 0 Å². The van der Waals surface area contributed by atoms with Crippen LogP contribution in [-0.2, 0) is 14.3 Å². The number of hydrogen-bond donors (Lipinski definition) is 1. The molecule has 1 amide bonds. The van der Waals surface area contributed by atoms with Crippen LogP contribution < -0.4 is 5.73 Å². The lowest BCUT2D eigenvalue weighted by atomic mass is 10.0. The summed E-state index contributed by atoms with van der Waals surface area (Å²) < 4.78 is 31.0. The van der Waals surface area contributed by atoms with E-state index in [2.05, 4.69) is 0 Å². The van der Waals surface area contributed by atoms with Crippen LogP contribution in [0.1, 0.15) is 16.4 Å². The Balaban J connectivity index is 2.14. The molecule has 2 aromatic rings. The van der Waals surface area contributed by atoms with Crippen molar-refractivity contribution in [1.82, 2.24) is 0 Å². The highest BCUT2D eigenvalue weighted by molar-refractivity contribution is 8.00. The largest absolute Gasteiger partial charge is 0.455 e. The number of hydrogen-bond acceptors (Lipinski definition) is 4. The van der Waals surface area contributed by atoms with Gasteiger partial charge in [-0.25, -0.2) is 8.78 Å². The van der Waals surface area contributed by atoms with Crippen LogP contribution >= 0.6 is 11.8 Å². The molecular weight excluding hydrogens is 336 g/mol. The zero-order valence-corrected chi connectivity index (χ0v) is 13.4. The van der Waals surface area contributed by atoms with E-state index in [4.69, 9.17) is 10.5 Å². The van der Waals surface area contributed by atoms with Crippen LogP contribution in [0.15, 0.2) is 48.5 Å². The van der Waals surface area contributed by atoms with Crippen molar-refractivity contribution in [2.75, 3.05) is 12.4 Å². The summed E-state index contributed by atoms with van der Waals surface area (Å²) in [6.07, 6.45) is 0. The summed E-state index contributed by atoms with van der Waals surface area (Å²) in [7, 11) is 0. The number of ether oxygens (including phenoxy) is 1. The van der Waals surface area contributed by atoms with Crippen LogP contribution in [0.5, 0.6) is 0 Å². The quantitative estimate of drug-likeness (QED) is 0.779. The Labute approximate surface area is 142 Å². The van der Waals surface area contributed by atoms with Crippen molar-refractivity contribution in [2.45, 2.75) is 5.25 Å². The van der Waals surface area contributed by atoms with Crippen molar-refractivity contribution in [3.63, 3.8) is 0 Å². The Bertz CT molecular complexity index is 659. The van der Waals surface area contributed by atoms with Crippen molar-refractivity contribution in [2.24, 2.45) is 5.73 Å². The maximum Gasteiger partial charge on any atom is 0.316 e. The predicted octanol–water partition coefficient (Wildman–Crippen LogP) is 2.82. The normalized spacial score (nSPS) is 10.6. The van der Waals surface area contributed by atoms with E-state index in [9.17, 15) is 18.4 Å². The predicted molar refractivity (Wildman–Crippen MR) is 87.3 cm³/mol. The second-order valence-electron chi connectivity index (χ2n) is 4.92. The number of primary amides is 1. The van der Waals surface area contributed by atoms with E-state index in [0.29, 0.717) is 0 Å². The van der Waals surface area contributed by atoms with E-state index in [1.165, 1.54) is 36.0 Å². The number of carbonyl (C=O) groups excluding carboxylic acids is 2. The molecule has 0 unspecified atom stereocenters. The topological polar surface area (TPSA) is 69.4 Å². The van der Waals surface area contributed by atoms with Gasteiger partial charge in [-0.05, 0) is 35.4 Å². The molecule has 0 spiro atoms. The van der Waals surface area contributed by atoms with Crippen LogP contribution in [0.4, 0.5) is 8.78 Å². The standard InChI is InChI=1S/C17H15F2NO3S/c18-13-5-1-11(2-6-13)17(12-3-7-14(19)8-4-12)24-10-16(22)23-9-15(20)21/h1-8,17H,9-10H2,(H2,20,21). The fourth-order valence-electron chi connectivity index (χ4n) is 2.00. The average Bonchev–Trinajstić information content (AvgIpc) is 2.56. The van der Waals surface area contributed by atoms with Gasteiger partial charge in [0.25, 0.3) is 5.91 Å². The molecule has 0 radical (unpaired) electrons. The lowest BCUT2D eigenvalue weighted by molar-refractivity contribution is -0.145. The molecule has 2 rings (SSSR count). The maximum atomic E-state index is 13.1. The molecule has 7 heteroatoms. The van der Waals surface area contributed by atoms with Gasteiger partial charge in [-0.15, -0.1) is 11.8 Å². The first-order valence-electron chi connectivity index (χ1n) is 7.02. The van der Waals surface area contributed by atoms with Crippen molar-refractivity contribution in [3.05, 3.63) is 71.3 Å². The monoisotopic (exact) mass is 351 g/mol. The minimum absolute atomic E-state index is 0.0350. The molecule has 0 aliphatic rings. The second kappa shape index (κ2) is 8.44. The molecule has 2 N–H and O–H groups in total. The summed E-state index contributed by atoms with van der Waals surface area (Å²) in [6, 6.07) is 11.7. The number of thioether (sulfide) groups is 1. The fraction of sp³-hybridized carbons (Fsp3) is 0.176. The van der Waals surface area contributed by atoms with Crippen LogP contribution in [0, 0.1) is 11.6 Å². The third kappa shape index (κ3) is 5.34. The zero-order chi connectivity index (χ0) is 17.5. The molecule has 24 heavy (non-hydrogen) atoms. The number of nitrogens with two attached hydrogens (primary N) is 1. The summed E-state index contributed by atoms with van der Waals surface area (Å²) in [5.41, 5.74) is 6.43. The molecule has 0 aromatic heterocycles. The highest BCUT2D eigenvalue weighted by atomic mass is 32.2. The number of amides is 1. The number of rotatable bonds is 7. The van der Waals surface area contributed by atoms with Crippen molar-refractivity contribution in [3.8, 4) is 0 Å². The van der Waals surface area contributed by atoms with E-state index < -0.39 is 18.5 Å². The first-order valence-corrected chi connectivity index (χ1v) is 8.07. The summed E-state index contributed by atoms with van der Waals surface area (Å²) in [5, 5.41) is -0.313. The Kier molecular flexibility index (Phi) is 6.31. The van der Waals surface area contributed by atoms with Crippen LogP contribution in [0.2, 0.25) is 0 Å². The molecule has 0 heterocycles. The highest BCUT2D eigenvalue weighted by Crippen LogP contribution is 2.35. The maximum absolute atomic E-state index is 13.1. The van der Waals surface area contributed by atoms with Crippen molar-refractivity contribution >= 4 is 23.6 Å². The molecule has 0 saturated carbocycles. The summed E-state index contributed by atoms with van der Waals surface area (Å²) in [5.74, 6) is -2.10. The van der Waals surface area contributed by atoms with Crippen LogP contribution in [0.25, 0.3) is 0 Å². The Morgan fingerprint density at radius 1 is 0.958 bits per heavy atom. The molecule has 126 valence electrons. The minimum Gasteiger partial charge on any atom is -0.455 e. The molecule has 0 bridgehead atoms. The molecule has 0 fully saturated rings. The third-order valence-electron chi connectivity index (χ3n) is 3.09. The molecule has 2 aromatic carbocycles. The molecule has 0 saturated heterocycles. The number of carbonyl (C=O) groups is 2. The molecular formula is C17H15F2NO3S. The molecule has 4 nitrogen and oxygen atoms in total. The molecule has 0 aliphatic carbocycles. The first kappa shape index (κ1) is 17.9. The highest BCUT2D eigenvalue weighted by Gasteiger charge is 2.18. The number of benzene rings is 2. The van der Waals surface area contributed by atoms with E-state index >= 15 is 0 Å². The van der Waals surface area contributed by atoms with E-state index in [-0.39, 0.29) is 22.6 Å². The Morgan fingerprint density at radius 3 is 1.83 bits per heavy atom. The van der Waals surface area contributed by atoms with Crippen LogP contribution in [-0.4, -0.2) is 24.2 Å². The van der Waals surface area contributed by atoms with Gasteiger partial charge in [0.2, 0.25) is 0 Å². The average molecular weight is 351 g/mol. The lowest BCUT2D eigenvalue weighted by Crippen LogP contribution is -2.21. The Hall–Kier alpha value is -2.41. The van der Waals surface area contributed by atoms with Gasteiger partial charge in [0.15, 0.2) is 6.61 Å². The van der Waals surface area contributed by atoms with Gasteiger partial charge in [-0.1, -0.05) is 24.3 Å². The van der Waals surface area contributed by atoms with Gasteiger partial charge in [0, 0.05) is 0 Å². The molecule has 0 atom stereocenters. The first-order chi connectivity index (χ1) is 11.5. The SMILES string of the molecule is NC(=O)COC(=O)CSC(c1ccc(F)cc1)c1ccc(F)cc1. The number of halogens is 2. The minimum atomic E-state index is -0.734. The van der Waals surface area contributed by atoms with Gasteiger partial charge >= 0.3 is 5.97 Å². The zero-order valence-electron chi connectivity index (χ0n) is 12.6. The van der Waals surface area contributed by atoms with E-state index in [0.717, 1.165) is 11.1 Å². The van der Waals surface area contributed by atoms with Crippen LogP contribution in [0.3, 0.4) is 0 Å². The van der Waals surface area contributed by atoms with Gasteiger partial charge in [0.05, 0.1) is 11.0 Å². The second-order valence-corrected chi connectivity index (χ2v) is 6.01. The Morgan fingerprint density at radius 2 is 1.42 bits per heavy atom. The summed E-state index contributed by atoms with van der Waals surface area (Å²) >= 11 is 1.23. The van der Waals surface area contributed by atoms with Gasteiger partial charge in [-0.2, -0.15) is 0 Å². The van der Waals surface area contributed by atoms with E-state index in [1.807, 2.05) is 0 Å². The molecule has 0 aliphatic heterocycles. The fourth-order valence-corrected chi connectivity index (χ4v) is 3.09. The van der Waals surface area contributed by atoms with E-state index in [1.54, 1.807) is 24.3 Å².